The Balaban J connectivity index is 1.49. The van der Waals surface area contributed by atoms with E-state index in [0.29, 0.717) is 24.2 Å². The lowest BCUT2D eigenvalue weighted by molar-refractivity contribution is -0.0872. The van der Waals surface area contributed by atoms with Crippen molar-refractivity contribution in [3.8, 4) is 11.5 Å². The highest BCUT2D eigenvalue weighted by atomic mass is 16.5. The Bertz CT molecular complexity index is 900. The number of likely N-dealkylation sites (tertiary alicyclic amines) is 1. The predicted molar refractivity (Wildman–Crippen MR) is 111 cm³/mol. The van der Waals surface area contributed by atoms with Crippen molar-refractivity contribution in [3.63, 3.8) is 0 Å². The Morgan fingerprint density at radius 2 is 1.93 bits per heavy atom. The summed E-state index contributed by atoms with van der Waals surface area (Å²) < 4.78 is 12.7. The molecule has 1 amide bonds. The summed E-state index contributed by atoms with van der Waals surface area (Å²) in [6.45, 7) is 7.22. The Hall–Kier alpha value is -2.53. The molecule has 4 rings (SSSR count). The number of ether oxygens (including phenoxy) is 2. The van der Waals surface area contributed by atoms with E-state index in [1.807, 2.05) is 23.1 Å². The van der Waals surface area contributed by atoms with Gasteiger partial charge in [-0.3, -0.25) is 4.79 Å². The number of benzene rings is 2. The van der Waals surface area contributed by atoms with Gasteiger partial charge in [-0.15, -0.1) is 0 Å². The highest BCUT2D eigenvalue weighted by molar-refractivity contribution is 5.94. The summed E-state index contributed by atoms with van der Waals surface area (Å²) in [7, 11) is 0. The first-order chi connectivity index (χ1) is 13.9. The largest absolute Gasteiger partial charge is 0.508 e. The van der Waals surface area contributed by atoms with Crippen LogP contribution in [0.15, 0.2) is 42.5 Å². The molecule has 0 aliphatic carbocycles. The van der Waals surface area contributed by atoms with Crippen LogP contribution in [-0.2, 0) is 4.74 Å². The molecule has 0 saturated carbocycles. The quantitative estimate of drug-likeness (QED) is 0.824. The standard InChI is InChI=1S/C24H29NO4/c1-16(2)28-22-15-24(29-21-7-5-4-6-19(21)22)10-12-25(13-11-24)23(27)18-8-9-20(26)17(3)14-18/h4-9,14,16,22,26H,10-13,15H2,1-3H3/t22-/m0/s1. The zero-order valence-corrected chi connectivity index (χ0v) is 17.4. The zero-order chi connectivity index (χ0) is 20.6. The van der Waals surface area contributed by atoms with Crippen LogP contribution in [0.1, 0.15) is 60.7 Å². The fourth-order valence-corrected chi connectivity index (χ4v) is 4.41. The van der Waals surface area contributed by atoms with Crippen molar-refractivity contribution in [2.45, 2.75) is 57.8 Å². The van der Waals surface area contributed by atoms with Crippen LogP contribution in [0.4, 0.5) is 0 Å². The van der Waals surface area contributed by atoms with Crippen molar-refractivity contribution in [2.24, 2.45) is 0 Å². The van der Waals surface area contributed by atoms with E-state index >= 15 is 0 Å². The van der Waals surface area contributed by atoms with Gasteiger partial charge in [-0.05, 0) is 50.6 Å². The smallest absolute Gasteiger partial charge is 0.253 e. The van der Waals surface area contributed by atoms with Gasteiger partial charge in [-0.25, -0.2) is 0 Å². The number of hydrogen-bond acceptors (Lipinski definition) is 4. The number of piperidine rings is 1. The van der Waals surface area contributed by atoms with Crippen LogP contribution in [0.25, 0.3) is 0 Å². The van der Waals surface area contributed by atoms with Crippen LogP contribution < -0.4 is 4.74 Å². The molecule has 29 heavy (non-hydrogen) atoms. The van der Waals surface area contributed by atoms with Gasteiger partial charge in [-0.1, -0.05) is 18.2 Å². The SMILES string of the molecule is Cc1cc(C(=O)N2CCC3(CC2)C[C@H](OC(C)C)c2ccccc2O3)ccc1O. The zero-order valence-electron chi connectivity index (χ0n) is 17.4. The molecule has 2 heterocycles. The summed E-state index contributed by atoms with van der Waals surface area (Å²) in [5.74, 6) is 1.12. The van der Waals surface area contributed by atoms with Gasteiger partial charge in [0.2, 0.25) is 0 Å². The third-order valence-electron chi connectivity index (χ3n) is 5.99. The van der Waals surface area contributed by atoms with E-state index in [2.05, 4.69) is 19.9 Å². The molecule has 2 aromatic carbocycles. The van der Waals surface area contributed by atoms with Crippen molar-refractivity contribution >= 4 is 5.91 Å². The average molecular weight is 395 g/mol. The Morgan fingerprint density at radius 3 is 2.62 bits per heavy atom. The first-order valence-electron chi connectivity index (χ1n) is 10.4. The van der Waals surface area contributed by atoms with Crippen LogP contribution in [0, 0.1) is 6.92 Å². The predicted octanol–water partition coefficient (Wildman–Crippen LogP) is 4.62. The molecule has 2 aliphatic heterocycles. The van der Waals surface area contributed by atoms with E-state index in [-0.39, 0.29) is 29.5 Å². The first-order valence-corrected chi connectivity index (χ1v) is 10.4. The van der Waals surface area contributed by atoms with Crippen molar-refractivity contribution in [1.29, 1.82) is 0 Å². The molecule has 2 aliphatic rings. The second-order valence-electron chi connectivity index (χ2n) is 8.49. The molecular weight excluding hydrogens is 366 g/mol. The van der Waals surface area contributed by atoms with Gasteiger partial charge >= 0.3 is 0 Å². The number of aromatic hydroxyl groups is 1. The van der Waals surface area contributed by atoms with Crippen molar-refractivity contribution in [3.05, 3.63) is 59.2 Å². The van der Waals surface area contributed by atoms with E-state index in [1.165, 1.54) is 0 Å². The van der Waals surface area contributed by atoms with Crippen LogP contribution in [0.3, 0.4) is 0 Å². The summed E-state index contributed by atoms with van der Waals surface area (Å²) in [6, 6.07) is 13.2. The molecular formula is C24H29NO4. The molecule has 1 saturated heterocycles. The Morgan fingerprint density at radius 1 is 1.21 bits per heavy atom. The number of phenols is 1. The highest BCUT2D eigenvalue weighted by Crippen LogP contribution is 2.46. The molecule has 1 fully saturated rings. The molecule has 0 bridgehead atoms. The summed E-state index contributed by atoms with van der Waals surface area (Å²) >= 11 is 0. The number of fused-ring (bicyclic) bond motifs is 1. The summed E-state index contributed by atoms with van der Waals surface area (Å²) in [4.78, 5) is 14.8. The van der Waals surface area contributed by atoms with E-state index in [0.717, 1.165) is 30.6 Å². The van der Waals surface area contributed by atoms with Crippen molar-refractivity contribution in [2.75, 3.05) is 13.1 Å². The minimum Gasteiger partial charge on any atom is -0.508 e. The van der Waals surface area contributed by atoms with Crippen LogP contribution >= 0.6 is 0 Å². The molecule has 5 heteroatoms. The minimum absolute atomic E-state index is 0.00846. The van der Waals surface area contributed by atoms with Gasteiger partial charge in [0.1, 0.15) is 17.1 Å². The van der Waals surface area contributed by atoms with Gasteiger partial charge in [0, 0.05) is 43.5 Å². The Kier molecular flexibility index (Phi) is 5.26. The number of carbonyl (C=O) groups excluding carboxylic acids is 1. The number of hydrogen-bond donors (Lipinski definition) is 1. The maximum atomic E-state index is 12.9. The topological polar surface area (TPSA) is 59.0 Å². The molecule has 5 nitrogen and oxygen atoms in total. The van der Waals surface area contributed by atoms with E-state index in [1.54, 1.807) is 25.1 Å². The van der Waals surface area contributed by atoms with Gasteiger partial charge in [0.25, 0.3) is 5.91 Å². The van der Waals surface area contributed by atoms with Gasteiger partial charge in [0.15, 0.2) is 0 Å². The lowest BCUT2D eigenvalue weighted by Crippen LogP contribution is -2.52. The number of amides is 1. The molecule has 1 atom stereocenters. The fraction of sp³-hybridized carbons (Fsp3) is 0.458. The molecule has 154 valence electrons. The molecule has 0 unspecified atom stereocenters. The number of carbonyl (C=O) groups is 1. The molecule has 0 aromatic heterocycles. The molecule has 1 N–H and O–H groups in total. The molecule has 1 spiro atoms. The number of rotatable bonds is 3. The molecule has 0 radical (unpaired) electrons. The molecule has 2 aromatic rings. The summed E-state index contributed by atoms with van der Waals surface area (Å²) in [5, 5.41) is 9.72. The third kappa shape index (κ3) is 3.97. The third-order valence-corrected chi connectivity index (χ3v) is 5.99. The van der Waals surface area contributed by atoms with E-state index < -0.39 is 0 Å². The van der Waals surface area contributed by atoms with Crippen LogP contribution in [0.5, 0.6) is 11.5 Å². The number of nitrogens with zero attached hydrogens (tertiary/aromatic N) is 1. The van der Waals surface area contributed by atoms with Crippen LogP contribution in [-0.4, -0.2) is 40.7 Å². The summed E-state index contributed by atoms with van der Waals surface area (Å²) in [5.41, 5.74) is 2.15. The fourth-order valence-electron chi connectivity index (χ4n) is 4.41. The van der Waals surface area contributed by atoms with Crippen molar-refractivity contribution in [1.82, 2.24) is 4.90 Å². The second-order valence-corrected chi connectivity index (χ2v) is 8.49. The minimum atomic E-state index is -0.296. The maximum absolute atomic E-state index is 12.9. The monoisotopic (exact) mass is 395 g/mol. The van der Waals surface area contributed by atoms with Crippen molar-refractivity contribution < 1.29 is 19.4 Å². The van der Waals surface area contributed by atoms with Gasteiger partial charge in [-0.2, -0.15) is 0 Å². The lowest BCUT2D eigenvalue weighted by Gasteiger charge is -2.47. The highest BCUT2D eigenvalue weighted by Gasteiger charge is 2.44. The second kappa shape index (κ2) is 7.71. The summed E-state index contributed by atoms with van der Waals surface area (Å²) in [6.07, 6.45) is 2.52. The normalized spacial score (nSPS) is 20.4. The number of phenolic OH excluding ortho intramolecular Hbond substituents is 1. The first kappa shape index (κ1) is 19.8. The number of para-hydroxylation sites is 1. The number of aryl methyl sites for hydroxylation is 1. The van der Waals surface area contributed by atoms with E-state index in [9.17, 15) is 9.90 Å². The van der Waals surface area contributed by atoms with Gasteiger partial charge in [0.05, 0.1) is 12.2 Å². The Labute approximate surface area is 172 Å². The lowest BCUT2D eigenvalue weighted by atomic mass is 9.81. The maximum Gasteiger partial charge on any atom is 0.253 e. The average Bonchev–Trinajstić information content (AvgIpc) is 2.70. The van der Waals surface area contributed by atoms with Crippen LogP contribution in [0.2, 0.25) is 0 Å². The van der Waals surface area contributed by atoms with E-state index in [4.69, 9.17) is 9.47 Å². The van der Waals surface area contributed by atoms with Gasteiger partial charge < -0.3 is 19.5 Å².